The van der Waals surface area contributed by atoms with Gasteiger partial charge in [0, 0.05) is 25.7 Å². The molecule has 0 radical (unpaired) electrons. The van der Waals surface area contributed by atoms with Crippen molar-refractivity contribution in [1.82, 2.24) is 10.2 Å². The average molecular weight is 242 g/mol. The zero-order chi connectivity index (χ0) is 12.9. The van der Waals surface area contributed by atoms with Crippen LogP contribution in [0.3, 0.4) is 0 Å². The second-order valence-corrected chi connectivity index (χ2v) is 6.26. The highest BCUT2D eigenvalue weighted by molar-refractivity contribution is 4.82. The molecule has 1 N–H and O–H groups in total. The second-order valence-electron chi connectivity index (χ2n) is 6.26. The van der Waals surface area contributed by atoms with E-state index in [0.717, 1.165) is 32.2 Å². The first-order valence-corrected chi connectivity index (χ1v) is 6.89. The van der Waals surface area contributed by atoms with Crippen molar-refractivity contribution in [1.29, 1.82) is 0 Å². The fourth-order valence-corrected chi connectivity index (χ4v) is 2.06. The highest BCUT2D eigenvalue weighted by Crippen LogP contribution is 2.28. The van der Waals surface area contributed by atoms with E-state index < -0.39 is 0 Å². The summed E-state index contributed by atoms with van der Waals surface area (Å²) in [5, 5.41) is 3.34. The SMILES string of the molecule is CNC(C)C(C)(C)CN(C)CCOCC1CC1. The van der Waals surface area contributed by atoms with Gasteiger partial charge in [-0.25, -0.2) is 0 Å². The van der Waals surface area contributed by atoms with Crippen LogP contribution in [0.15, 0.2) is 0 Å². The third kappa shape index (κ3) is 5.84. The lowest BCUT2D eigenvalue weighted by Crippen LogP contribution is -2.45. The summed E-state index contributed by atoms with van der Waals surface area (Å²) in [4.78, 5) is 2.38. The molecule has 0 aliphatic heterocycles. The van der Waals surface area contributed by atoms with E-state index in [2.05, 4.69) is 38.0 Å². The number of nitrogens with one attached hydrogen (secondary N) is 1. The lowest BCUT2D eigenvalue weighted by atomic mass is 9.85. The van der Waals surface area contributed by atoms with Gasteiger partial charge in [0.25, 0.3) is 0 Å². The van der Waals surface area contributed by atoms with E-state index in [9.17, 15) is 0 Å². The molecule has 1 saturated carbocycles. The Hall–Kier alpha value is -0.120. The van der Waals surface area contributed by atoms with Crippen LogP contribution in [0.1, 0.15) is 33.6 Å². The van der Waals surface area contributed by atoms with Crippen LogP contribution in [-0.2, 0) is 4.74 Å². The maximum Gasteiger partial charge on any atom is 0.0593 e. The van der Waals surface area contributed by atoms with Gasteiger partial charge in [0.15, 0.2) is 0 Å². The lowest BCUT2D eigenvalue weighted by Gasteiger charge is -2.35. The molecule has 1 aliphatic rings. The number of likely N-dealkylation sites (N-methyl/N-ethyl adjacent to an activating group) is 1. The van der Waals surface area contributed by atoms with Crippen LogP contribution < -0.4 is 5.32 Å². The van der Waals surface area contributed by atoms with E-state index in [1.807, 2.05) is 7.05 Å². The van der Waals surface area contributed by atoms with Crippen LogP contribution in [0, 0.1) is 11.3 Å². The Morgan fingerprint density at radius 2 is 2.06 bits per heavy atom. The number of nitrogens with zero attached hydrogens (tertiary/aromatic N) is 1. The highest BCUT2D eigenvalue weighted by atomic mass is 16.5. The molecule has 3 nitrogen and oxygen atoms in total. The summed E-state index contributed by atoms with van der Waals surface area (Å²) in [6.07, 6.45) is 2.76. The molecule has 0 bridgehead atoms. The number of hydrogen-bond acceptors (Lipinski definition) is 3. The molecule has 102 valence electrons. The number of hydrogen-bond donors (Lipinski definition) is 1. The van der Waals surface area contributed by atoms with E-state index in [1.165, 1.54) is 12.8 Å². The molecule has 17 heavy (non-hydrogen) atoms. The second kappa shape index (κ2) is 6.72. The molecule has 0 aromatic heterocycles. The van der Waals surface area contributed by atoms with Gasteiger partial charge < -0.3 is 15.0 Å². The maximum atomic E-state index is 5.67. The van der Waals surface area contributed by atoms with Crippen LogP contribution in [0.5, 0.6) is 0 Å². The summed E-state index contributed by atoms with van der Waals surface area (Å²) in [5.74, 6) is 0.876. The van der Waals surface area contributed by atoms with Gasteiger partial charge in [0.2, 0.25) is 0 Å². The fourth-order valence-electron chi connectivity index (χ4n) is 2.06. The van der Waals surface area contributed by atoms with Crippen molar-refractivity contribution in [3.63, 3.8) is 0 Å². The summed E-state index contributed by atoms with van der Waals surface area (Å²) in [6.45, 7) is 10.9. The van der Waals surface area contributed by atoms with Gasteiger partial charge in [-0.15, -0.1) is 0 Å². The molecule has 0 saturated heterocycles. The summed E-state index contributed by atoms with van der Waals surface area (Å²) in [6, 6.07) is 0.525. The standard InChI is InChI=1S/C14H30N2O/c1-12(15-4)14(2,3)11-16(5)8-9-17-10-13-6-7-13/h12-13,15H,6-11H2,1-5H3. The largest absolute Gasteiger partial charge is 0.380 e. The molecule has 1 atom stereocenters. The lowest BCUT2D eigenvalue weighted by molar-refractivity contribution is 0.0864. The molecule has 1 rings (SSSR count). The Kier molecular flexibility index (Phi) is 5.90. The zero-order valence-corrected chi connectivity index (χ0v) is 12.3. The van der Waals surface area contributed by atoms with Crippen LogP contribution in [0.25, 0.3) is 0 Å². The molecule has 3 heteroatoms. The predicted octanol–water partition coefficient (Wildman–Crippen LogP) is 1.98. The molecule has 0 aromatic carbocycles. The third-order valence-corrected chi connectivity index (χ3v) is 3.95. The van der Waals surface area contributed by atoms with Crippen molar-refractivity contribution >= 4 is 0 Å². The van der Waals surface area contributed by atoms with Crippen molar-refractivity contribution in [2.75, 3.05) is 40.4 Å². The van der Waals surface area contributed by atoms with E-state index in [-0.39, 0.29) is 0 Å². The smallest absolute Gasteiger partial charge is 0.0593 e. The van der Waals surface area contributed by atoms with E-state index in [0.29, 0.717) is 11.5 Å². The molecule has 0 amide bonds. The Morgan fingerprint density at radius 3 is 2.59 bits per heavy atom. The fraction of sp³-hybridized carbons (Fsp3) is 1.00. The van der Waals surface area contributed by atoms with Gasteiger partial charge in [0.1, 0.15) is 0 Å². The zero-order valence-electron chi connectivity index (χ0n) is 12.3. The van der Waals surface area contributed by atoms with Crippen LogP contribution in [-0.4, -0.2) is 51.3 Å². The number of ether oxygens (including phenoxy) is 1. The summed E-state index contributed by atoms with van der Waals surface area (Å²) >= 11 is 0. The highest BCUT2D eigenvalue weighted by Gasteiger charge is 2.26. The molecule has 1 aliphatic carbocycles. The molecule has 0 aromatic rings. The molecule has 0 spiro atoms. The molecule has 1 fully saturated rings. The monoisotopic (exact) mass is 242 g/mol. The Labute approximate surface area is 107 Å². The minimum absolute atomic E-state index is 0.292. The topological polar surface area (TPSA) is 24.5 Å². The minimum atomic E-state index is 0.292. The minimum Gasteiger partial charge on any atom is -0.380 e. The van der Waals surface area contributed by atoms with Crippen molar-refractivity contribution in [3.8, 4) is 0 Å². The van der Waals surface area contributed by atoms with Gasteiger partial charge in [-0.3, -0.25) is 0 Å². The van der Waals surface area contributed by atoms with Gasteiger partial charge in [-0.05, 0) is 45.2 Å². The van der Waals surface area contributed by atoms with Crippen LogP contribution in [0.2, 0.25) is 0 Å². The third-order valence-electron chi connectivity index (χ3n) is 3.95. The Bertz CT molecular complexity index is 214. The molecule has 1 unspecified atom stereocenters. The molecular formula is C14H30N2O. The van der Waals surface area contributed by atoms with E-state index in [1.54, 1.807) is 0 Å². The summed E-state index contributed by atoms with van der Waals surface area (Å²) in [7, 11) is 4.22. The van der Waals surface area contributed by atoms with Gasteiger partial charge in [0.05, 0.1) is 6.61 Å². The van der Waals surface area contributed by atoms with E-state index in [4.69, 9.17) is 4.74 Å². The molecular weight excluding hydrogens is 212 g/mol. The summed E-state index contributed by atoms with van der Waals surface area (Å²) < 4.78 is 5.67. The Balaban J connectivity index is 2.11. The summed E-state index contributed by atoms with van der Waals surface area (Å²) in [5.41, 5.74) is 0.292. The molecule has 0 heterocycles. The first-order valence-electron chi connectivity index (χ1n) is 6.89. The maximum absolute atomic E-state index is 5.67. The van der Waals surface area contributed by atoms with Crippen molar-refractivity contribution < 1.29 is 4.74 Å². The van der Waals surface area contributed by atoms with Crippen molar-refractivity contribution in [2.45, 2.75) is 39.7 Å². The van der Waals surface area contributed by atoms with Gasteiger partial charge in [-0.1, -0.05) is 13.8 Å². The average Bonchev–Trinajstić information content (AvgIpc) is 3.06. The Morgan fingerprint density at radius 1 is 1.41 bits per heavy atom. The van der Waals surface area contributed by atoms with Crippen LogP contribution in [0.4, 0.5) is 0 Å². The van der Waals surface area contributed by atoms with E-state index >= 15 is 0 Å². The van der Waals surface area contributed by atoms with Crippen LogP contribution >= 0.6 is 0 Å². The van der Waals surface area contributed by atoms with Crippen molar-refractivity contribution in [3.05, 3.63) is 0 Å². The normalized spacial score (nSPS) is 18.7. The van der Waals surface area contributed by atoms with Gasteiger partial charge in [-0.2, -0.15) is 0 Å². The quantitative estimate of drug-likeness (QED) is 0.626. The van der Waals surface area contributed by atoms with Gasteiger partial charge >= 0.3 is 0 Å². The number of rotatable bonds is 9. The van der Waals surface area contributed by atoms with Crippen molar-refractivity contribution in [2.24, 2.45) is 11.3 Å². The first kappa shape index (κ1) is 14.9. The predicted molar refractivity (Wildman–Crippen MR) is 73.3 cm³/mol. The first-order chi connectivity index (χ1) is 7.95.